The van der Waals surface area contributed by atoms with Gasteiger partial charge < -0.3 is 15.2 Å². The van der Waals surface area contributed by atoms with E-state index in [-0.39, 0.29) is 16.3 Å². The molecule has 0 saturated carbocycles. The molecule has 0 saturated heterocycles. The zero-order valence-corrected chi connectivity index (χ0v) is 16.6. The number of nitrogens with zero attached hydrogens (tertiary/aromatic N) is 1. The van der Waals surface area contributed by atoms with E-state index in [1.54, 1.807) is 30.3 Å². The molecule has 0 aliphatic rings. The van der Waals surface area contributed by atoms with Crippen LogP contribution in [0.4, 0.5) is 5.69 Å². The lowest BCUT2D eigenvalue weighted by molar-refractivity contribution is -0.139. The third-order valence-corrected chi connectivity index (χ3v) is 4.26. The lowest BCUT2D eigenvalue weighted by Gasteiger charge is -2.09. The molecule has 0 aliphatic carbocycles. The van der Waals surface area contributed by atoms with Crippen molar-refractivity contribution >= 4 is 62.8 Å². The third kappa shape index (κ3) is 6.00. The number of nitrogens with one attached hydrogen (secondary N) is 1. The van der Waals surface area contributed by atoms with Crippen LogP contribution in [0.5, 0.6) is 5.75 Å². The van der Waals surface area contributed by atoms with Crippen molar-refractivity contribution < 1.29 is 19.4 Å². The van der Waals surface area contributed by atoms with E-state index in [0.29, 0.717) is 20.7 Å². The van der Waals surface area contributed by atoms with Gasteiger partial charge in [-0.05, 0) is 64.0 Å². The molecule has 27 heavy (non-hydrogen) atoms. The van der Waals surface area contributed by atoms with E-state index in [1.807, 2.05) is 6.07 Å². The van der Waals surface area contributed by atoms with Crippen molar-refractivity contribution in [1.29, 1.82) is 5.26 Å². The second-order valence-corrected chi connectivity index (χ2v) is 6.82. The van der Waals surface area contributed by atoms with Crippen molar-refractivity contribution in [2.45, 2.75) is 0 Å². The number of carbonyl (C=O) groups is 2. The summed E-state index contributed by atoms with van der Waals surface area (Å²) in [6, 6.07) is 11.3. The Morgan fingerprint density at radius 2 is 1.93 bits per heavy atom. The molecule has 0 aliphatic heterocycles. The first-order valence-electron chi connectivity index (χ1n) is 7.32. The van der Waals surface area contributed by atoms with Crippen LogP contribution in [0.1, 0.15) is 5.56 Å². The first kappa shape index (κ1) is 20.8. The highest BCUT2D eigenvalue weighted by Gasteiger charge is 2.13. The Morgan fingerprint density at radius 3 is 2.48 bits per heavy atom. The van der Waals surface area contributed by atoms with Gasteiger partial charge in [0.05, 0.1) is 9.50 Å². The lowest BCUT2D eigenvalue weighted by atomic mass is 10.1. The van der Waals surface area contributed by atoms with E-state index < -0.39 is 18.5 Å². The normalized spacial score (nSPS) is 10.8. The molecule has 6 nitrogen and oxygen atoms in total. The maximum Gasteiger partial charge on any atom is 0.341 e. The molecule has 0 spiro atoms. The van der Waals surface area contributed by atoms with E-state index in [4.69, 9.17) is 33.0 Å². The number of halogens is 3. The van der Waals surface area contributed by atoms with Crippen LogP contribution in [0.2, 0.25) is 10.0 Å². The number of rotatable bonds is 6. The Morgan fingerprint density at radius 1 is 1.26 bits per heavy atom. The molecule has 2 aromatic rings. The van der Waals surface area contributed by atoms with Crippen LogP contribution in [0.3, 0.4) is 0 Å². The molecule has 0 radical (unpaired) electrons. The molecule has 2 aromatic carbocycles. The van der Waals surface area contributed by atoms with Gasteiger partial charge in [-0.3, -0.25) is 4.79 Å². The second kappa shape index (κ2) is 9.42. The second-order valence-electron chi connectivity index (χ2n) is 5.13. The van der Waals surface area contributed by atoms with Gasteiger partial charge in [0.2, 0.25) is 0 Å². The van der Waals surface area contributed by atoms with Gasteiger partial charge >= 0.3 is 5.97 Å². The van der Waals surface area contributed by atoms with Crippen molar-refractivity contribution in [3.05, 3.63) is 62.1 Å². The monoisotopic (exact) mass is 468 g/mol. The Balaban J connectivity index is 2.23. The molecule has 0 unspecified atom stereocenters. The molecule has 0 fully saturated rings. The minimum atomic E-state index is -1.15. The smallest absolute Gasteiger partial charge is 0.341 e. The number of hydrogen-bond donors (Lipinski definition) is 2. The Labute approximate surface area is 173 Å². The molecule has 0 bridgehead atoms. The third-order valence-electron chi connectivity index (χ3n) is 3.14. The number of benzene rings is 2. The van der Waals surface area contributed by atoms with Crippen molar-refractivity contribution in [3.8, 4) is 11.8 Å². The van der Waals surface area contributed by atoms with Crippen LogP contribution < -0.4 is 10.1 Å². The first-order valence-corrected chi connectivity index (χ1v) is 8.87. The molecular weight excluding hydrogens is 459 g/mol. The summed E-state index contributed by atoms with van der Waals surface area (Å²) in [5.41, 5.74) is 0.798. The summed E-state index contributed by atoms with van der Waals surface area (Å²) in [7, 11) is 0. The van der Waals surface area contributed by atoms with Crippen molar-refractivity contribution in [1.82, 2.24) is 0 Å². The Hall–Kier alpha value is -2.53. The predicted molar refractivity (Wildman–Crippen MR) is 106 cm³/mol. The standard InChI is InChI=1S/C18H11BrCl2N2O4/c19-14-6-10(7-15(21)17(14)27-9-16(24)25)5-11(8-22)18(26)23-13-3-1-12(20)2-4-13/h1-7H,9H2,(H,23,26)(H,24,25). The number of hydrogen-bond acceptors (Lipinski definition) is 4. The fourth-order valence-corrected chi connectivity index (χ4v) is 3.10. The van der Waals surface area contributed by atoms with Crippen LogP contribution in [0, 0.1) is 11.3 Å². The SMILES string of the molecule is N#CC(=Cc1cc(Cl)c(OCC(=O)O)c(Br)c1)C(=O)Nc1ccc(Cl)cc1. The molecule has 1 amide bonds. The van der Waals surface area contributed by atoms with Crippen LogP contribution >= 0.6 is 39.1 Å². The Bertz CT molecular complexity index is 930. The topological polar surface area (TPSA) is 99.4 Å². The molecule has 9 heteroatoms. The number of aliphatic carboxylic acids is 1. The number of ether oxygens (including phenoxy) is 1. The van der Waals surface area contributed by atoms with Gasteiger partial charge in [0.25, 0.3) is 5.91 Å². The van der Waals surface area contributed by atoms with Crippen molar-refractivity contribution in [3.63, 3.8) is 0 Å². The quantitative estimate of drug-likeness (QED) is 0.469. The van der Waals surface area contributed by atoms with E-state index in [2.05, 4.69) is 21.2 Å². The number of carboxylic acid groups (broad SMARTS) is 1. The summed E-state index contributed by atoms with van der Waals surface area (Å²) in [5.74, 6) is -1.59. The Kier molecular flexibility index (Phi) is 7.25. The molecule has 0 atom stereocenters. The summed E-state index contributed by atoms with van der Waals surface area (Å²) in [4.78, 5) is 22.9. The highest BCUT2D eigenvalue weighted by Crippen LogP contribution is 2.35. The summed E-state index contributed by atoms with van der Waals surface area (Å²) in [6.07, 6.45) is 1.35. The average Bonchev–Trinajstić information content (AvgIpc) is 2.60. The van der Waals surface area contributed by atoms with E-state index in [1.165, 1.54) is 12.1 Å². The molecule has 0 heterocycles. The summed E-state index contributed by atoms with van der Waals surface area (Å²) in [5, 5.41) is 21.2. The molecule has 0 aromatic heterocycles. The summed E-state index contributed by atoms with van der Waals surface area (Å²) in [6.45, 7) is -0.555. The van der Waals surface area contributed by atoms with Crippen LogP contribution in [-0.2, 0) is 9.59 Å². The van der Waals surface area contributed by atoms with E-state index in [9.17, 15) is 14.9 Å². The lowest BCUT2D eigenvalue weighted by Crippen LogP contribution is -2.13. The average molecular weight is 470 g/mol. The highest BCUT2D eigenvalue weighted by molar-refractivity contribution is 9.10. The molecule has 2 rings (SSSR count). The summed E-state index contributed by atoms with van der Waals surface area (Å²) >= 11 is 15.1. The number of carboxylic acids is 1. The molecule has 138 valence electrons. The van der Waals surface area contributed by atoms with Gasteiger partial charge in [0.15, 0.2) is 12.4 Å². The van der Waals surface area contributed by atoms with E-state index >= 15 is 0 Å². The van der Waals surface area contributed by atoms with Gasteiger partial charge in [0.1, 0.15) is 11.6 Å². The molecular formula is C18H11BrCl2N2O4. The van der Waals surface area contributed by atoms with Crippen molar-refractivity contribution in [2.75, 3.05) is 11.9 Å². The van der Waals surface area contributed by atoms with Gasteiger partial charge in [-0.15, -0.1) is 0 Å². The fraction of sp³-hybridized carbons (Fsp3) is 0.0556. The van der Waals surface area contributed by atoms with Crippen molar-refractivity contribution in [2.24, 2.45) is 0 Å². The zero-order valence-electron chi connectivity index (χ0n) is 13.5. The number of amides is 1. The van der Waals surface area contributed by atoms with Crippen LogP contribution in [-0.4, -0.2) is 23.6 Å². The number of carbonyl (C=O) groups excluding carboxylic acids is 1. The predicted octanol–water partition coefficient (Wildman–Crippen LogP) is 4.76. The minimum Gasteiger partial charge on any atom is -0.479 e. The van der Waals surface area contributed by atoms with E-state index in [0.717, 1.165) is 0 Å². The van der Waals surface area contributed by atoms with Gasteiger partial charge in [-0.1, -0.05) is 23.2 Å². The van der Waals surface area contributed by atoms with Crippen LogP contribution in [0.25, 0.3) is 6.08 Å². The number of anilines is 1. The largest absolute Gasteiger partial charge is 0.479 e. The minimum absolute atomic E-state index is 0.132. The summed E-state index contributed by atoms with van der Waals surface area (Å²) < 4.78 is 5.48. The number of nitriles is 1. The molecule has 2 N–H and O–H groups in total. The fourth-order valence-electron chi connectivity index (χ4n) is 1.98. The van der Waals surface area contributed by atoms with Gasteiger partial charge in [-0.2, -0.15) is 5.26 Å². The van der Waals surface area contributed by atoms with Gasteiger partial charge in [-0.25, -0.2) is 4.79 Å². The maximum atomic E-state index is 12.3. The zero-order chi connectivity index (χ0) is 20.0. The highest BCUT2D eigenvalue weighted by atomic mass is 79.9. The van der Waals surface area contributed by atoms with Gasteiger partial charge in [0, 0.05) is 10.7 Å². The maximum absolute atomic E-state index is 12.3. The first-order chi connectivity index (χ1) is 12.8. The van der Waals surface area contributed by atoms with Crippen LogP contribution in [0.15, 0.2) is 46.4 Å².